The fraction of sp³-hybridized carbons (Fsp3) is 0.385. The number of hydrogen-bond acceptors (Lipinski definition) is 2. The van der Waals surface area contributed by atoms with Gasteiger partial charge in [0.15, 0.2) is 0 Å². The van der Waals surface area contributed by atoms with Gasteiger partial charge in [0.1, 0.15) is 17.2 Å². The second-order valence-electron chi connectivity index (χ2n) is 4.76. The number of nitrogens with zero attached hydrogens (tertiary/aromatic N) is 1. The van der Waals surface area contributed by atoms with Crippen LogP contribution in [0.3, 0.4) is 0 Å². The van der Waals surface area contributed by atoms with Crippen molar-refractivity contribution in [2.45, 2.75) is 25.3 Å². The van der Waals surface area contributed by atoms with Gasteiger partial charge in [-0.25, -0.2) is 13.6 Å². The summed E-state index contributed by atoms with van der Waals surface area (Å²) >= 11 is 0. The van der Waals surface area contributed by atoms with E-state index in [1.54, 1.807) is 0 Å². The SMILES string of the molecule is CC1(C(=O)O)CCCN1C(=O)c1cc(F)ccc1F. The maximum Gasteiger partial charge on any atom is 0.329 e. The summed E-state index contributed by atoms with van der Waals surface area (Å²) in [6.07, 6.45) is 0.816. The molecule has 0 spiro atoms. The van der Waals surface area contributed by atoms with Crippen molar-refractivity contribution in [1.29, 1.82) is 0 Å². The van der Waals surface area contributed by atoms with Crippen molar-refractivity contribution >= 4 is 11.9 Å². The van der Waals surface area contributed by atoms with E-state index < -0.39 is 34.6 Å². The standard InChI is InChI=1S/C13H13F2NO3/c1-13(12(18)19)5-2-6-16(13)11(17)9-7-8(14)3-4-10(9)15/h3-4,7H,2,5-6H2,1H3,(H,18,19). The zero-order chi connectivity index (χ0) is 14.2. The first-order valence-corrected chi connectivity index (χ1v) is 5.86. The van der Waals surface area contributed by atoms with Crippen LogP contribution in [0, 0.1) is 11.6 Å². The second kappa shape index (κ2) is 4.60. The number of carboxylic acid groups (broad SMARTS) is 1. The molecule has 6 heteroatoms. The molecule has 1 unspecified atom stereocenters. The van der Waals surface area contributed by atoms with Crippen LogP contribution >= 0.6 is 0 Å². The van der Waals surface area contributed by atoms with E-state index >= 15 is 0 Å². The van der Waals surface area contributed by atoms with E-state index in [2.05, 4.69) is 0 Å². The number of benzene rings is 1. The molecule has 1 aromatic rings. The smallest absolute Gasteiger partial charge is 0.329 e. The molecule has 1 saturated heterocycles. The van der Waals surface area contributed by atoms with Crippen LogP contribution in [0.4, 0.5) is 8.78 Å². The van der Waals surface area contributed by atoms with Crippen molar-refractivity contribution in [3.8, 4) is 0 Å². The molecule has 1 atom stereocenters. The van der Waals surface area contributed by atoms with E-state index in [-0.39, 0.29) is 6.54 Å². The van der Waals surface area contributed by atoms with Gasteiger partial charge in [-0.2, -0.15) is 0 Å². The second-order valence-corrected chi connectivity index (χ2v) is 4.76. The number of carbonyl (C=O) groups is 2. The van der Waals surface area contributed by atoms with Gasteiger partial charge in [-0.05, 0) is 38.0 Å². The number of likely N-dealkylation sites (tertiary alicyclic amines) is 1. The van der Waals surface area contributed by atoms with Gasteiger partial charge in [0.05, 0.1) is 5.56 Å². The lowest BCUT2D eigenvalue weighted by Crippen LogP contribution is -2.51. The van der Waals surface area contributed by atoms with Gasteiger partial charge < -0.3 is 10.0 Å². The topological polar surface area (TPSA) is 57.6 Å². The van der Waals surface area contributed by atoms with Crippen LogP contribution < -0.4 is 0 Å². The minimum atomic E-state index is -1.37. The largest absolute Gasteiger partial charge is 0.480 e. The molecule has 0 bridgehead atoms. The van der Waals surface area contributed by atoms with E-state index in [4.69, 9.17) is 0 Å². The molecule has 2 rings (SSSR count). The molecule has 19 heavy (non-hydrogen) atoms. The Morgan fingerprint density at radius 3 is 2.68 bits per heavy atom. The Hall–Kier alpha value is -1.98. The van der Waals surface area contributed by atoms with Crippen molar-refractivity contribution in [3.05, 3.63) is 35.4 Å². The highest BCUT2D eigenvalue weighted by molar-refractivity contribution is 5.98. The van der Waals surface area contributed by atoms with Crippen LogP contribution in [-0.4, -0.2) is 34.0 Å². The van der Waals surface area contributed by atoms with Crippen LogP contribution in [0.2, 0.25) is 0 Å². The van der Waals surface area contributed by atoms with Crippen LogP contribution in [0.25, 0.3) is 0 Å². The van der Waals surface area contributed by atoms with Crippen LogP contribution in [0.5, 0.6) is 0 Å². The molecule has 1 fully saturated rings. The van der Waals surface area contributed by atoms with Crippen molar-refractivity contribution in [2.24, 2.45) is 0 Å². The average Bonchev–Trinajstić information content (AvgIpc) is 2.75. The molecule has 1 aliphatic rings. The average molecular weight is 269 g/mol. The van der Waals surface area contributed by atoms with Crippen molar-refractivity contribution in [3.63, 3.8) is 0 Å². The molecule has 0 saturated carbocycles. The molecule has 102 valence electrons. The minimum absolute atomic E-state index is 0.220. The molecule has 0 aliphatic carbocycles. The predicted octanol–water partition coefficient (Wildman–Crippen LogP) is 2.04. The molecule has 1 aromatic carbocycles. The molecule has 1 aliphatic heterocycles. The third kappa shape index (κ3) is 2.18. The maximum absolute atomic E-state index is 13.6. The highest BCUT2D eigenvalue weighted by Gasteiger charge is 2.46. The summed E-state index contributed by atoms with van der Waals surface area (Å²) in [6.45, 7) is 1.63. The van der Waals surface area contributed by atoms with E-state index in [0.717, 1.165) is 23.1 Å². The lowest BCUT2D eigenvalue weighted by molar-refractivity contribution is -0.147. The number of carbonyl (C=O) groups excluding carboxylic acids is 1. The van der Waals surface area contributed by atoms with Gasteiger partial charge in [-0.3, -0.25) is 4.79 Å². The number of carboxylic acids is 1. The number of halogens is 2. The Bertz CT molecular complexity index is 547. The lowest BCUT2D eigenvalue weighted by atomic mass is 9.98. The Labute approximate surface area is 108 Å². The monoisotopic (exact) mass is 269 g/mol. The number of hydrogen-bond donors (Lipinski definition) is 1. The first kappa shape index (κ1) is 13.5. The molecule has 1 amide bonds. The van der Waals surface area contributed by atoms with Crippen molar-refractivity contribution in [2.75, 3.05) is 6.54 Å². The Kier molecular flexibility index (Phi) is 3.26. The third-order valence-corrected chi connectivity index (χ3v) is 3.51. The van der Waals surface area contributed by atoms with Crippen LogP contribution in [0.1, 0.15) is 30.1 Å². The van der Waals surface area contributed by atoms with E-state index in [1.165, 1.54) is 6.92 Å². The summed E-state index contributed by atoms with van der Waals surface area (Å²) in [6, 6.07) is 2.56. The number of rotatable bonds is 2. The predicted molar refractivity (Wildman–Crippen MR) is 62.7 cm³/mol. The highest BCUT2D eigenvalue weighted by Crippen LogP contribution is 2.31. The quantitative estimate of drug-likeness (QED) is 0.893. The summed E-state index contributed by atoms with van der Waals surface area (Å²) in [5, 5.41) is 9.20. The fourth-order valence-corrected chi connectivity index (χ4v) is 2.32. The van der Waals surface area contributed by atoms with Crippen molar-refractivity contribution < 1.29 is 23.5 Å². The molecule has 0 aromatic heterocycles. The molecule has 0 radical (unpaired) electrons. The van der Waals surface area contributed by atoms with E-state index in [0.29, 0.717) is 12.8 Å². The van der Waals surface area contributed by atoms with Gasteiger partial charge in [0, 0.05) is 6.54 Å². The summed E-state index contributed by atoms with van der Waals surface area (Å²) < 4.78 is 26.7. The van der Waals surface area contributed by atoms with Crippen molar-refractivity contribution in [1.82, 2.24) is 4.90 Å². The Morgan fingerprint density at radius 2 is 2.05 bits per heavy atom. The fourth-order valence-electron chi connectivity index (χ4n) is 2.32. The molecule has 1 heterocycles. The van der Waals surface area contributed by atoms with Gasteiger partial charge in [-0.1, -0.05) is 0 Å². The lowest BCUT2D eigenvalue weighted by Gasteiger charge is -2.31. The number of amides is 1. The third-order valence-electron chi connectivity index (χ3n) is 3.51. The highest BCUT2D eigenvalue weighted by atomic mass is 19.1. The zero-order valence-corrected chi connectivity index (χ0v) is 10.3. The molecule has 1 N–H and O–H groups in total. The zero-order valence-electron chi connectivity index (χ0n) is 10.3. The van der Waals surface area contributed by atoms with Gasteiger partial charge >= 0.3 is 5.97 Å². The summed E-state index contributed by atoms with van der Waals surface area (Å²) in [7, 11) is 0. The Balaban J connectivity index is 2.39. The first-order valence-electron chi connectivity index (χ1n) is 5.86. The normalized spacial score (nSPS) is 22.6. The summed E-state index contributed by atoms with van der Waals surface area (Å²) in [5.74, 6) is -3.53. The minimum Gasteiger partial charge on any atom is -0.480 e. The maximum atomic E-state index is 13.6. The van der Waals surface area contributed by atoms with Gasteiger partial charge in [0.2, 0.25) is 0 Å². The van der Waals surface area contributed by atoms with Gasteiger partial charge in [0.25, 0.3) is 5.91 Å². The summed E-state index contributed by atoms with van der Waals surface area (Å²) in [4.78, 5) is 24.5. The van der Waals surface area contributed by atoms with E-state index in [1.807, 2.05) is 0 Å². The molecule has 4 nitrogen and oxygen atoms in total. The molecular formula is C13H13F2NO3. The number of aliphatic carboxylic acids is 1. The molecular weight excluding hydrogens is 256 g/mol. The van der Waals surface area contributed by atoms with E-state index in [9.17, 15) is 23.5 Å². The van der Waals surface area contributed by atoms with Gasteiger partial charge in [-0.15, -0.1) is 0 Å². The summed E-state index contributed by atoms with van der Waals surface area (Å²) in [5.41, 5.74) is -1.80. The first-order chi connectivity index (χ1) is 8.86. The van der Waals surface area contributed by atoms with Crippen LogP contribution in [0.15, 0.2) is 18.2 Å². The van der Waals surface area contributed by atoms with Crippen LogP contribution in [-0.2, 0) is 4.79 Å². The Morgan fingerprint density at radius 1 is 1.37 bits per heavy atom.